The van der Waals surface area contributed by atoms with Crippen molar-refractivity contribution in [3.8, 4) is 0 Å². The molecule has 0 spiro atoms. The van der Waals surface area contributed by atoms with Crippen LogP contribution in [-0.4, -0.2) is 38.6 Å². The largest absolute Gasteiger partial charge is 0.322 e. The van der Waals surface area contributed by atoms with Gasteiger partial charge in [-0.25, -0.2) is 0 Å². The van der Waals surface area contributed by atoms with Crippen LogP contribution in [0.1, 0.15) is 5.56 Å². The minimum Gasteiger partial charge on any atom is -0.322 e. The fourth-order valence-corrected chi connectivity index (χ4v) is 3.29. The minimum absolute atomic E-state index is 0.0684. The van der Waals surface area contributed by atoms with Crippen molar-refractivity contribution in [1.29, 1.82) is 0 Å². The zero-order valence-corrected chi connectivity index (χ0v) is 14.5. The topological polar surface area (TPSA) is 38.0 Å². The molecule has 1 saturated heterocycles. The molecule has 1 amide bonds. The molecule has 0 bridgehead atoms. The van der Waals surface area contributed by atoms with Crippen molar-refractivity contribution in [2.45, 2.75) is 6.54 Å². The fourth-order valence-electron chi connectivity index (χ4n) is 3.16. The van der Waals surface area contributed by atoms with Crippen LogP contribution >= 0.6 is 11.6 Å². The van der Waals surface area contributed by atoms with E-state index in [1.165, 1.54) is 10.5 Å². The van der Waals surface area contributed by atoms with Gasteiger partial charge in [-0.1, -0.05) is 41.9 Å². The Morgan fingerprint density at radius 1 is 0.917 bits per heavy atom. The van der Waals surface area contributed by atoms with Gasteiger partial charge in [0.1, 0.15) is 32.7 Å². The lowest BCUT2D eigenvalue weighted by atomic mass is 10.2. The number of piperazine rings is 1. The first-order valence-electron chi connectivity index (χ1n) is 8.45. The first kappa shape index (κ1) is 17.0. The van der Waals surface area contributed by atoms with Crippen LogP contribution in [0.5, 0.6) is 0 Å². The van der Waals surface area contributed by atoms with Crippen molar-refractivity contribution >= 4 is 23.2 Å². The van der Waals surface area contributed by atoms with Crippen molar-refractivity contribution in [1.82, 2.24) is 0 Å². The average Bonchev–Trinajstić information content (AvgIpc) is 2.60. The highest BCUT2D eigenvalue weighted by atomic mass is 35.5. The number of anilines is 1. The molecule has 0 aromatic heterocycles. The smallest absolute Gasteiger partial charge is 0.279 e. The normalized spacial score (nSPS) is 20.5. The second kappa shape index (κ2) is 8.29. The summed E-state index contributed by atoms with van der Waals surface area (Å²) in [7, 11) is 0. The van der Waals surface area contributed by atoms with Crippen molar-refractivity contribution in [3.05, 3.63) is 65.2 Å². The zero-order valence-electron chi connectivity index (χ0n) is 13.7. The number of carbonyl (C=O) groups is 1. The molecule has 1 heterocycles. The Balaban J connectivity index is 1.41. The van der Waals surface area contributed by atoms with Crippen LogP contribution in [0.2, 0.25) is 5.02 Å². The molecule has 126 valence electrons. The number of amides is 1. The number of rotatable bonds is 5. The van der Waals surface area contributed by atoms with E-state index >= 15 is 0 Å². The molecule has 2 aromatic carbocycles. The molecule has 4 nitrogen and oxygen atoms in total. The van der Waals surface area contributed by atoms with Gasteiger partial charge in [-0.05, 0) is 24.3 Å². The molecule has 3 N–H and O–H groups in total. The van der Waals surface area contributed by atoms with Crippen LogP contribution in [0, 0.1) is 0 Å². The van der Waals surface area contributed by atoms with Crippen molar-refractivity contribution in [2.24, 2.45) is 0 Å². The Bertz CT molecular complexity index is 652. The summed E-state index contributed by atoms with van der Waals surface area (Å²) in [5.74, 6) is 0.0684. The third kappa shape index (κ3) is 5.06. The summed E-state index contributed by atoms with van der Waals surface area (Å²) in [5.41, 5.74) is 2.19. The van der Waals surface area contributed by atoms with Crippen LogP contribution in [-0.2, 0) is 11.3 Å². The first-order chi connectivity index (χ1) is 11.7. The number of hydrogen-bond donors (Lipinski definition) is 3. The lowest BCUT2D eigenvalue weighted by molar-refractivity contribution is -1.02. The fraction of sp³-hybridized carbons (Fsp3) is 0.316. The maximum absolute atomic E-state index is 12.2. The number of benzene rings is 2. The summed E-state index contributed by atoms with van der Waals surface area (Å²) in [6, 6.07) is 17.9. The van der Waals surface area contributed by atoms with Crippen LogP contribution in [0.15, 0.2) is 54.6 Å². The van der Waals surface area contributed by atoms with E-state index in [0.29, 0.717) is 11.6 Å². The molecule has 0 atom stereocenters. The van der Waals surface area contributed by atoms with Gasteiger partial charge in [0.05, 0.1) is 0 Å². The van der Waals surface area contributed by atoms with Gasteiger partial charge in [0.25, 0.3) is 5.91 Å². The van der Waals surface area contributed by atoms with Gasteiger partial charge in [0.2, 0.25) is 0 Å². The Morgan fingerprint density at radius 3 is 2.21 bits per heavy atom. The number of nitrogens with one attached hydrogen (secondary N) is 3. The first-order valence-corrected chi connectivity index (χ1v) is 8.83. The molecule has 1 fully saturated rings. The molecule has 0 saturated carbocycles. The highest BCUT2D eigenvalue weighted by molar-refractivity contribution is 6.30. The standard InChI is InChI=1S/C19H22ClN3O/c20-17-6-8-18(9-7-17)21-19(24)15-23-12-10-22(11-13-23)14-16-4-2-1-3-5-16/h1-9H,10-15H2,(H,21,24)/p+2. The monoisotopic (exact) mass is 345 g/mol. The second-order valence-corrected chi connectivity index (χ2v) is 6.83. The van der Waals surface area contributed by atoms with E-state index in [9.17, 15) is 4.79 Å². The van der Waals surface area contributed by atoms with E-state index < -0.39 is 0 Å². The summed E-state index contributed by atoms with van der Waals surface area (Å²) >= 11 is 5.86. The lowest BCUT2D eigenvalue weighted by Crippen LogP contribution is -3.28. The third-order valence-electron chi connectivity index (χ3n) is 4.50. The van der Waals surface area contributed by atoms with E-state index in [4.69, 9.17) is 11.6 Å². The van der Waals surface area contributed by atoms with Crippen LogP contribution < -0.4 is 15.1 Å². The number of hydrogen-bond acceptors (Lipinski definition) is 1. The predicted octanol–water partition coefficient (Wildman–Crippen LogP) is 0.262. The van der Waals surface area contributed by atoms with Crippen molar-refractivity contribution in [2.75, 3.05) is 38.0 Å². The molecule has 3 rings (SSSR count). The predicted molar refractivity (Wildman–Crippen MR) is 96.5 cm³/mol. The van der Waals surface area contributed by atoms with Crippen LogP contribution in [0.3, 0.4) is 0 Å². The third-order valence-corrected chi connectivity index (χ3v) is 4.75. The Kier molecular flexibility index (Phi) is 5.86. The molecule has 2 aromatic rings. The maximum atomic E-state index is 12.2. The zero-order chi connectivity index (χ0) is 16.8. The van der Waals surface area contributed by atoms with E-state index in [1.54, 1.807) is 17.0 Å². The highest BCUT2D eigenvalue weighted by Gasteiger charge is 2.24. The number of quaternary nitrogens is 2. The summed E-state index contributed by atoms with van der Waals surface area (Å²) in [6.07, 6.45) is 0. The quantitative estimate of drug-likeness (QED) is 0.714. The van der Waals surface area contributed by atoms with E-state index in [1.807, 2.05) is 12.1 Å². The van der Waals surface area contributed by atoms with Gasteiger partial charge in [0, 0.05) is 16.3 Å². The number of carbonyl (C=O) groups excluding carboxylic acids is 1. The van der Waals surface area contributed by atoms with Gasteiger partial charge in [0.15, 0.2) is 6.54 Å². The van der Waals surface area contributed by atoms with E-state index in [0.717, 1.165) is 38.4 Å². The lowest BCUT2D eigenvalue weighted by Gasteiger charge is -2.29. The highest BCUT2D eigenvalue weighted by Crippen LogP contribution is 2.12. The van der Waals surface area contributed by atoms with E-state index in [2.05, 4.69) is 35.6 Å². The van der Waals surface area contributed by atoms with Crippen molar-refractivity contribution < 1.29 is 14.6 Å². The molecular weight excluding hydrogens is 322 g/mol. The average molecular weight is 346 g/mol. The molecule has 5 heteroatoms. The molecule has 0 radical (unpaired) electrons. The summed E-state index contributed by atoms with van der Waals surface area (Å²) in [4.78, 5) is 15.1. The van der Waals surface area contributed by atoms with Crippen LogP contribution in [0.4, 0.5) is 5.69 Å². The molecular formula is C19H24ClN3O+2. The van der Waals surface area contributed by atoms with Crippen molar-refractivity contribution in [3.63, 3.8) is 0 Å². The molecule has 0 unspecified atom stereocenters. The van der Waals surface area contributed by atoms with Gasteiger partial charge in [-0.3, -0.25) is 4.79 Å². The minimum atomic E-state index is 0.0684. The Morgan fingerprint density at radius 2 is 1.54 bits per heavy atom. The van der Waals surface area contributed by atoms with Gasteiger partial charge in [-0.15, -0.1) is 0 Å². The number of halogens is 1. The Hall–Kier alpha value is -1.88. The van der Waals surface area contributed by atoms with Gasteiger partial charge >= 0.3 is 0 Å². The molecule has 1 aliphatic heterocycles. The van der Waals surface area contributed by atoms with Gasteiger partial charge in [-0.2, -0.15) is 0 Å². The molecule has 24 heavy (non-hydrogen) atoms. The Labute approximate surface area is 148 Å². The summed E-state index contributed by atoms with van der Waals surface area (Å²) in [5, 5.41) is 3.62. The maximum Gasteiger partial charge on any atom is 0.279 e. The van der Waals surface area contributed by atoms with Crippen LogP contribution in [0.25, 0.3) is 0 Å². The second-order valence-electron chi connectivity index (χ2n) is 6.39. The molecule has 0 aliphatic carbocycles. The SMILES string of the molecule is O=C(C[NH+]1CC[NH+](Cc2ccccc2)CC1)Nc1ccc(Cl)cc1. The van der Waals surface area contributed by atoms with Gasteiger partial charge < -0.3 is 15.1 Å². The van der Waals surface area contributed by atoms with E-state index in [-0.39, 0.29) is 5.91 Å². The molecule has 1 aliphatic rings. The summed E-state index contributed by atoms with van der Waals surface area (Å²) in [6.45, 7) is 5.90. The summed E-state index contributed by atoms with van der Waals surface area (Å²) < 4.78 is 0.